The Labute approximate surface area is 93.3 Å². The first kappa shape index (κ1) is 12.4. The summed E-state index contributed by atoms with van der Waals surface area (Å²) in [6.45, 7) is 2.43. The molecule has 0 fully saturated rings. The summed E-state index contributed by atoms with van der Waals surface area (Å²) in [5.41, 5.74) is -0.533. The number of carbonyl (C=O) groups is 1. The van der Waals surface area contributed by atoms with Crippen LogP contribution in [-0.4, -0.2) is 41.5 Å². The minimum absolute atomic E-state index is 0.0654. The summed E-state index contributed by atoms with van der Waals surface area (Å²) in [5, 5.41) is 0. The minimum atomic E-state index is -0.646. The molecule has 6 nitrogen and oxygen atoms in total. The molecule has 0 bridgehead atoms. The Morgan fingerprint density at radius 3 is 2.75 bits per heavy atom. The van der Waals surface area contributed by atoms with Crippen LogP contribution in [0.1, 0.15) is 23.1 Å². The number of hydrogen-bond acceptors (Lipinski definition) is 5. The fourth-order valence-electron chi connectivity index (χ4n) is 1.17. The zero-order chi connectivity index (χ0) is 12.1. The van der Waals surface area contributed by atoms with E-state index in [0.717, 1.165) is 0 Å². The van der Waals surface area contributed by atoms with Gasteiger partial charge in [-0.15, -0.1) is 0 Å². The molecule has 0 aromatic carbocycles. The standard InChI is InChI=1S/C10H15N3O3/c1-4-16-10(15)7-5-11-8(6-13(2)3)12-9(7)14/h5H,4,6H2,1-3H3,(H,11,12,14). The van der Waals surface area contributed by atoms with Crippen molar-refractivity contribution in [3.05, 3.63) is 27.9 Å². The maximum Gasteiger partial charge on any atom is 0.345 e. The van der Waals surface area contributed by atoms with Crippen molar-refractivity contribution in [2.24, 2.45) is 0 Å². The van der Waals surface area contributed by atoms with E-state index in [2.05, 4.69) is 9.97 Å². The van der Waals surface area contributed by atoms with Gasteiger partial charge in [0, 0.05) is 6.20 Å². The van der Waals surface area contributed by atoms with Crippen LogP contribution in [0, 0.1) is 0 Å². The van der Waals surface area contributed by atoms with Crippen LogP contribution in [0.5, 0.6) is 0 Å². The smallest absolute Gasteiger partial charge is 0.345 e. The highest BCUT2D eigenvalue weighted by Crippen LogP contribution is 1.95. The van der Waals surface area contributed by atoms with E-state index in [1.54, 1.807) is 6.92 Å². The van der Waals surface area contributed by atoms with Crippen LogP contribution in [0.15, 0.2) is 11.0 Å². The molecular formula is C10H15N3O3. The fraction of sp³-hybridized carbons (Fsp3) is 0.500. The monoisotopic (exact) mass is 225 g/mol. The number of ether oxygens (including phenoxy) is 1. The number of esters is 1. The average molecular weight is 225 g/mol. The van der Waals surface area contributed by atoms with Crippen LogP contribution >= 0.6 is 0 Å². The molecular weight excluding hydrogens is 210 g/mol. The summed E-state index contributed by atoms with van der Waals surface area (Å²) in [6.07, 6.45) is 1.25. The number of rotatable bonds is 4. The molecule has 0 spiro atoms. The number of aromatic nitrogens is 2. The molecule has 0 aliphatic carbocycles. The molecule has 1 heterocycles. The Balaban J connectivity index is 2.91. The quantitative estimate of drug-likeness (QED) is 0.730. The van der Waals surface area contributed by atoms with Crippen LogP contribution in [0.2, 0.25) is 0 Å². The second kappa shape index (κ2) is 5.41. The van der Waals surface area contributed by atoms with Crippen molar-refractivity contribution in [1.82, 2.24) is 14.9 Å². The van der Waals surface area contributed by atoms with E-state index in [9.17, 15) is 9.59 Å². The molecule has 6 heteroatoms. The maximum absolute atomic E-state index is 11.5. The first-order valence-corrected chi connectivity index (χ1v) is 4.94. The van der Waals surface area contributed by atoms with E-state index < -0.39 is 11.5 Å². The number of H-pyrrole nitrogens is 1. The molecule has 88 valence electrons. The summed E-state index contributed by atoms with van der Waals surface area (Å²) >= 11 is 0. The van der Waals surface area contributed by atoms with Crippen LogP contribution < -0.4 is 5.56 Å². The Morgan fingerprint density at radius 1 is 1.56 bits per heavy atom. The van der Waals surface area contributed by atoms with E-state index >= 15 is 0 Å². The lowest BCUT2D eigenvalue weighted by atomic mass is 10.3. The van der Waals surface area contributed by atoms with Crippen molar-refractivity contribution < 1.29 is 9.53 Å². The second-order valence-electron chi connectivity index (χ2n) is 3.53. The molecule has 0 saturated carbocycles. The molecule has 0 atom stereocenters. The van der Waals surface area contributed by atoms with Crippen LogP contribution in [0.3, 0.4) is 0 Å². The van der Waals surface area contributed by atoms with Crippen molar-refractivity contribution in [2.45, 2.75) is 13.5 Å². The SMILES string of the molecule is CCOC(=O)c1cnc(CN(C)C)[nH]c1=O. The number of hydrogen-bond donors (Lipinski definition) is 1. The van der Waals surface area contributed by atoms with Gasteiger partial charge in [-0.3, -0.25) is 4.79 Å². The third kappa shape index (κ3) is 3.16. The number of nitrogens with zero attached hydrogens (tertiary/aromatic N) is 2. The van der Waals surface area contributed by atoms with Crippen molar-refractivity contribution in [2.75, 3.05) is 20.7 Å². The zero-order valence-corrected chi connectivity index (χ0v) is 9.61. The molecule has 1 aromatic rings. The maximum atomic E-state index is 11.5. The molecule has 0 aliphatic rings. The van der Waals surface area contributed by atoms with Gasteiger partial charge in [-0.05, 0) is 21.0 Å². The molecule has 0 radical (unpaired) electrons. The molecule has 0 aliphatic heterocycles. The molecule has 1 aromatic heterocycles. The highest BCUT2D eigenvalue weighted by atomic mass is 16.5. The van der Waals surface area contributed by atoms with Crippen molar-refractivity contribution in [3.8, 4) is 0 Å². The van der Waals surface area contributed by atoms with Gasteiger partial charge in [-0.2, -0.15) is 0 Å². The summed E-state index contributed by atoms with van der Waals surface area (Å²) in [6, 6.07) is 0. The lowest BCUT2D eigenvalue weighted by Gasteiger charge is -2.08. The first-order chi connectivity index (χ1) is 7.54. The largest absolute Gasteiger partial charge is 0.462 e. The Morgan fingerprint density at radius 2 is 2.25 bits per heavy atom. The van der Waals surface area contributed by atoms with Crippen molar-refractivity contribution >= 4 is 5.97 Å². The predicted molar refractivity (Wildman–Crippen MR) is 58.2 cm³/mol. The third-order valence-electron chi connectivity index (χ3n) is 1.81. The zero-order valence-electron chi connectivity index (χ0n) is 9.61. The highest BCUT2D eigenvalue weighted by Gasteiger charge is 2.12. The summed E-state index contributed by atoms with van der Waals surface area (Å²) in [7, 11) is 3.72. The minimum Gasteiger partial charge on any atom is -0.462 e. The number of carbonyl (C=O) groups excluding carboxylic acids is 1. The first-order valence-electron chi connectivity index (χ1n) is 4.94. The van der Waals surface area contributed by atoms with Crippen LogP contribution in [-0.2, 0) is 11.3 Å². The van der Waals surface area contributed by atoms with E-state index in [-0.39, 0.29) is 12.2 Å². The number of nitrogens with one attached hydrogen (secondary N) is 1. The molecule has 0 amide bonds. The lowest BCUT2D eigenvalue weighted by Crippen LogP contribution is -2.24. The topological polar surface area (TPSA) is 75.3 Å². The summed E-state index contributed by atoms with van der Waals surface area (Å²) in [4.78, 5) is 31.2. The Hall–Kier alpha value is -1.69. The second-order valence-corrected chi connectivity index (χ2v) is 3.53. The van der Waals surface area contributed by atoms with Gasteiger partial charge in [0.2, 0.25) is 0 Å². The summed E-state index contributed by atoms with van der Waals surface area (Å²) in [5.74, 6) is -0.129. The van der Waals surface area contributed by atoms with E-state index in [0.29, 0.717) is 12.4 Å². The van der Waals surface area contributed by atoms with E-state index in [4.69, 9.17) is 4.74 Å². The fourth-order valence-corrected chi connectivity index (χ4v) is 1.17. The van der Waals surface area contributed by atoms with Crippen LogP contribution in [0.25, 0.3) is 0 Å². The lowest BCUT2D eigenvalue weighted by molar-refractivity contribution is 0.0523. The van der Waals surface area contributed by atoms with Crippen LogP contribution in [0.4, 0.5) is 0 Å². The molecule has 0 saturated heterocycles. The molecule has 1 rings (SSSR count). The molecule has 16 heavy (non-hydrogen) atoms. The predicted octanol–water partition coefficient (Wildman–Crippen LogP) is 0.00820. The Kier molecular flexibility index (Phi) is 4.19. The number of aromatic amines is 1. The van der Waals surface area contributed by atoms with Gasteiger partial charge < -0.3 is 14.6 Å². The van der Waals surface area contributed by atoms with Crippen molar-refractivity contribution in [1.29, 1.82) is 0 Å². The van der Waals surface area contributed by atoms with Gasteiger partial charge >= 0.3 is 5.97 Å². The van der Waals surface area contributed by atoms with Gasteiger partial charge in [0.1, 0.15) is 11.4 Å². The van der Waals surface area contributed by atoms with E-state index in [1.807, 2.05) is 19.0 Å². The summed E-state index contributed by atoms with van der Waals surface area (Å²) < 4.78 is 4.72. The van der Waals surface area contributed by atoms with Gasteiger partial charge in [0.25, 0.3) is 5.56 Å². The molecule has 1 N–H and O–H groups in total. The van der Waals surface area contributed by atoms with E-state index in [1.165, 1.54) is 6.20 Å². The molecule has 0 unspecified atom stereocenters. The normalized spacial score (nSPS) is 10.5. The van der Waals surface area contributed by atoms with Gasteiger partial charge in [-0.1, -0.05) is 0 Å². The van der Waals surface area contributed by atoms with Gasteiger partial charge in [0.05, 0.1) is 13.2 Å². The van der Waals surface area contributed by atoms with Gasteiger partial charge in [0.15, 0.2) is 0 Å². The average Bonchev–Trinajstić information content (AvgIpc) is 2.16. The third-order valence-corrected chi connectivity index (χ3v) is 1.81. The Bertz CT molecular complexity index is 426. The van der Waals surface area contributed by atoms with Gasteiger partial charge in [-0.25, -0.2) is 9.78 Å². The highest BCUT2D eigenvalue weighted by molar-refractivity contribution is 5.88. The van der Waals surface area contributed by atoms with Crippen molar-refractivity contribution in [3.63, 3.8) is 0 Å².